The lowest BCUT2D eigenvalue weighted by Gasteiger charge is -2.24. The number of nitrogens with one attached hydrogen (secondary N) is 2. The van der Waals surface area contributed by atoms with Crippen LogP contribution in [0.3, 0.4) is 0 Å². The lowest BCUT2D eigenvalue weighted by molar-refractivity contribution is 0.183. The maximum Gasteiger partial charge on any atom is 0.171 e. The summed E-state index contributed by atoms with van der Waals surface area (Å²) in [4.78, 5) is 0. The second-order valence-electron chi connectivity index (χ2n) is 4.92. The van der Waals surface area contributed by atoms with Gasteiger partial charge >= 0.3 is 0 Å². The summed E-state index contributed by atoms with van der Waals surface area (Å²) in [6.07, 6.45) is 10.1. The van der Waals surface area contributed by atoms with Crippen LogP contribution in [0.5, 0.6) is 0 Å². The Labute approximate surface area is 119 Å². The number of ether oxygens (including phenoxy) is 1. The molecule has 1 aromatic rings. The van der Waals surface area contributed by atoms with Gasteiger partial charge in [-0.1, -0.05) is 19.3 Å². The Morgan fingerprint density at radius 2 is 2.26 bits per heavy atom. The third-order valence-electron chi connectivity index (χ3n) is 3.36. The minimum absolute atomic E-state index is 0.525. The molecule has 2 N–H and O–H groups in total. The van der Waals surface area contributed by atoms with E-state index >= 15 is 0 Å². The van der Waals surface area contributed by atoms with Crippen molar-refractivity contribution in [2.24, 2.45) is 0 Å². The van der Waals surface area contributed by atoms with Gasteiger partial charge in [0.1, 0.15) is 0 Å². The molecule has 0 aromatic carbocycles. The lowest BCUT2D eigenvalue weighted by Crippen LogP contribution is -2.38. The first-order valence-electron chi connectivity index (χ1n) is 6.87. The van der Waals surface area contributed by atoms with E-state index in [4.69, 9.17) is 17.0 Å². The van der Waals surface area contributed by atoms with Gasteiger partial charge in [-0.15, -0.1) is 0 Å². The number of thiocarbonyl (C=S) groups is 1. The molecule has 1 saturated carbocycles. The van der Waals surface area contributed by atoms with Crippen LogP contribution in [0.25, 0.3) is 0 Å². The van der Waals surface area contributed by atoms with Crippen molar-refractivity contribution in [1.82, 2.24) is 15.1 Å². The highest BCUT2D eigenvalue weighted by atomic mass is 32.1. The van der Waals surface area contributed by atoms with Crippen molar-refractivity contribution in [3.63, 3.8) is 0 Å². The van der Waals surface area contributed by atoms with Gasteiger partial charge in [-0.25, -0.2) is 0 Å². The van der Waals surface area contributed by atoms with Crippen molar-refractivity contribution in [3.8, 4) is 0 Å². The van der Waals surface area contributed by atoms with Crippen molar-refractivity contribution >= 4 is 23.0 Å². The molecule has 1 aromatic heterocycles. The van der Waals surface area contributed by atoms with Crippen LogP contribution >= 0.6 is 12.2 Å². The number of hydrogen-bond acceptors (Lipinski definition) is 3. The summed E-state index contributed by atoms with van der Waals surface area (Å²) in [5.41, 5.74) is 0.921. The molecule has 0 unspecified atom stereocenters. The molecule has 1 heterocycles. The fourth-order valence-corrected chi connectivity index (χ4v) is 2.62. The number of aromatic nitrogens is 2. The summed E-state index contributed by atoms with van der Waals surface area (Å²) in [6, 6.07) is 0.525. The summed E-state index contributed by atoms with van der Waals surface area (Å²) >= 11 is 5.33. The number of anilines is 1. The molecule has 106 valence electrons. The van der Waals surface area contributed by atoms with E-state index in [1.54, 1.807) is 13.3 Å². The topological polar surface area (TPSA) is 51.1 Å². The molecule has 2 rings (SSSR count). The first-order chi connectivity index (χ1) is 9.28. The Morgan fingerprint density at radius 3 is 3.00 bits per heavy atom. The average molecular weight is 282 g/mol. The van der Waals surface area contributed by atoms with E-state index in [-0.39, 0.29) is 0 Å². The number of hydrogen-bond donors (Lipinski definition) is 2. The molecule has 6 heteroatoms. The van der Waals surface area contributed by atoms with Gasteiger partial charge in [0.25, 0.3) is 0 Å². The third kappa shape index (κ3) is 4.80. The molecule has 0 atom stereocenters. The maximum atomic E-state index is 5.33. The minimum atomic E-state index is 0.525. The molecule has 0 amide bonds. The zero-order valence-electron chi connectivity index (χ0n) is 11.4. The van der Waals surface area contributed by atoms with E-state index in [1.807, 2.05) is 10.9 Å². The number of nitrogens with zero attached hydrogens (tertiary/aromatic N) is 2. The van der Waals surface area contributed by atoms with Gasteiger partial charge in [-0.2, -0.15) is 5.10 Å². The van der Waals surface area contributed by atoms with Crippen molar-refractivity contribution in [1.29, 1.82) is 0 Å². The normalized spacial score (nSPS) is 16.3. The van der Waals surface area contributed by atoms with Gasteiger partial charge in [-0.05, 0) is 25.1 Å². The predicted octanol–water partition coefficient (Wildman–Crippen LogP) is 2.15. The van der Waals surface area contributed by atoms with E-state index in [0.29, 0.717) is 17.8 Å². The Bertz CT molecular complexity index is 401. The van der Waals surface area contributed by atoms with Gasteiger partial charge in [0, 0.05) is 19.3 Å². The van der Waals surface area contributed by atoms with E-state index in [1.165, 1.54) is 32.1 Å². The molecule has 1 aliphatic carbocycles. The molecular formula is C13H22N4OS. The van der Waals surface area contributed by atoms with E-state index in [0.717, 1.165) is 12.2 Å². The monoisotopic (exact) mass is 282 g/mol. The summed E-state index contributed by atoms with van der Waals surface area (Å²) in [6.45, 7) is 1.41. The van der Waals surface area contributed by atoms with Crippen LogP contribution in [-0.2, 0) is 11.3 Å². The minimum Gasteiger partial charge on any atom is -0.383 e. The fraction of sp³-hybridized carbons (Fsp3) is 0.692. The zero-order chi connectivity index (χ0) is 13.5. The summed E-state index contributed by atoms with van der Waals surface area (Å²) in [5, 5.41) is 11.5. The number of rotatable bonds is 5. The Hall–Kier alpha value is -1.14. The second kappa shape index (κ2) is 7.45. The highest BCUT2D eigenvalue weighted by Crippen LogP contribution is 2.17. The van der Waals surface area contributed by atoms with Crippen LogP contribution in [0.2, 0.25) is 0 Å². The SMILES string of the molecule is COCCn1cc(NC(=S)NC2CCCCC2)cn1. The number of methoxy groups -OCH3 is 1. The van der Waals surface area contributed by atoms with Crippen LogP contribution in [-0.4, -0.2) is 34.7 Å². The molecular weight excluding hydrogens is 260 g/mol. The average Bonchev–Trinajstić information content (AvgIpc) is 2.85. The molecule has 1 fully saturated rings. The fourth-order valence-electron chi connectivity index (χ4n) is 2.33. The van der Waals surface area contributed by atoms with Crippen molar-refractivity contribution in [2.75, 3.05) is 19.0 Å². The zero-order valence-corrected chi connectivity index (χ0v) is 12.2. The Morgan fingerprint density at radius 1 is 1.47 bits per heavy atom. The molecule has 0 spiro atoms. The molecule has 0 saturated heterocycles. The Kier molecular flexibility index (Phi) is 5.60. The molecule has 0 radical (unpaired) electrons. The molecule has 19 heavy (non-hydrogen) atoms. The van der Waals surface area contributed by atoms with Gasteiger partial charge < -0.3 is 15.4 Å². The van der Waals surface area contributed by atoms with Gasteiger partial charge in [-0.3, -0.25) is 4.68 Å². The first kappa shape index (κ1) is 14.3. The molecule has 0 bridgehead atoms. The van der Waals surface area contributed by atoms with Crippen LogP contribution in [0.15, 0.2) is 12.4 Å². The smallest absolute Gasteiger partial charge is 0.171 e. The Balaban J connectivity index is 1.76. The van der Waals surface area contributed by atoms with Crippen molar-refractivity contribution in [2.45, 2.75) is 44.7 Å². The second-order valence-corrected chi connectivity index (χ2v) is 5.33. The van der Waals surface area contributed by atoms with Crippen molar-refractivity contribution < 1.29 is 4.74 Å². The third-order valence-corrected chi connectivity index (χ3v) is 3.58. The van der Waals surface area contributed by atoms with E-state index in [9.17, 15) is 0 Å². The van der Waals surface area contributed by atoms with Crippen LogP contribution in [0.1, 0.15) is 32.1 Å². The van der Waals surface area contributed by atoms with Crippen molar-refractivity contribution in [3.05, 3.63) is 12.4 Å². The molecule has 5 nitrogen and oxygen atoms in total. The maximum absolute atomic E-state index is 5.33. The van der Waals surface area contributed by atoms with Gasteiger partial charge in [0.15, 0.2) is 5.11 Å². The van der Waals surface area contributed by atoms with E-state index in [2.05, 4.69) is 15.7 Å². The lowest BCUT2D eigenvalue weighted by atomic mass is 9.96. The van der Waals surface area contributed by atoms with Crippen LogP contribution in [0, 0.1) is 0 Å². The quantitative estimate of drug-likeness (QED) is 0.811. The van der Waals surface area contributed by atoms with Gasteiger partial charge in [0.05, 0.1) is 25.0 Å². The highest BCUT2D eigenvalue weighted by molar-refractivity contribution is 7.80. The largest absolute Gasteiger partial charge is 0.383 e. The van der Waals surface area contributed by atoms with Gasteiger partial charge in [0.2, 0.25) is 0 Å². The first-order valence-corrected chi connectivity index (χ1v) is 7.27. The molecule has 0 aliphatic heterocycles. The summed E-state index contributed by atoms with van der Waals surface area (Å²) in [5.74, 6) is 0. The van der Waals surface area contributed by atoms with Crippen LogP contribution in [0.4, 0.5) is 5.69 Å². The molecule has 1 aliphatic rings. The summed E-state index contributed by atoms with van der Waals surface area (Å²) < 4.78 is 6.86. The standard InChI is InChI=1S/C13H22N4OS/c1-18-8-7-17-10-12(9-14-17)16-13(19)15-11-5-3-2-4-6-11/h9-11H,2-8H2,1H3,(H2,15,16,19). The summed E-state index contributed by atoms with van der Waals surface area (Å²) in [7, 11) is 1.69. The highest BCUT2D eigenvalue weighted by Gasteiger charge is 2.14. The van der Waals surface area contributed by atoms with E-state index < -0.39 is 0 Å². The predicted molar refractivity (Wildman–Crippen MR) is 80.3 cm³/mol. The van der Waals surface area contributed by atoms with Crippen LogP contribution < -0.4 is 10.6 Å².